The molecule has 0 aliphatic carbocycles. The lowest BCUT2D eigenvalue weighted by molar-refractivity contribution is -0.149. The third-order valence-electron chi connectivity index (χ3n) is 2.85. The van der Waals surface area contributed by atoms with Crippen molar-refractivity contribution < 1.29 is 18.3 Å². The largest absolute Gasteiger partial charge is 0.464 e. The van der Waals surface area contributed by atoms with Crippen LogP contribution in [-0.4, -0.2) is 30.5 Å². The number of halogens is 3. The van der Waals surface area contributed by atoms with Crippen LogP contribution in [0.5, 0.6) is 0 Å². The van der Waals surface area contributed by atoms with Crippen LogP contribution in [-0.2, 0) is 9.53 Å². The second kappa shape index (κ2) is 6.31. The lowest BCUT2D eigenvalue weighted by Gasteiger charge is -2.28. The summed E-state index contributed by atoms with van der Waals surface area (Å²) >= 11 is 5.57. The molecule has 1 fully saturated rings. The Morgan fingerprint density at radius 3 is 2.82 bits per heavy atom. The molecule has 0 aromatic rings. The fraction of sp³-hybridized carbons (Fsp3) is 0.727. The minimum Gasteiger partial charge on any atom is -0.464 e. The van der Waals surface area contributed by atoms with Crippen LogP contribution >= 0.6 is 11.6 Å². The molecule has 0 bridgehead atoms. The number of hydrogen-bond donors (Lipinski definition) is 1. The molecule has 0 spiro atoms. The smallest absolute Gasteiger partial charge is 0.330 e. The SMILES string of the molecule is CCOC(=O)[C@]1(CCCCl)NCCC1=C(F)F. The van der Waals surface area contributed by atoms with Gasteiger partial charge >= 0.3 is 5.97 Å². The van der Waals surface area contributed by atoms with Crippen molar-refractivity contribution in [2.24, 2.45) is 0 Å². The Morgan fingerprint density at radius 2 is 2.29 bits per heavy atom. The Morgan fingerprint density at radius 1 is 1.59 bits per heavy atom. The molecule has 1 N–H and O–H groups in total. The summed E-state index contributed by atoms with van der Waals surface area (Å²) in [5.41, 5.74) is -1.52. The maximum absolute atomic E-state index is 12.9. The summed E-state index contributed by atoms with van der Waals surface area (Å²) in [6.07, 6.45) is -0.909. The molecule has 0 radical (unpaired) electrons. The van der Waals surface area contributed by atoms with Crippen molar-refractivity contribution in [1.29, 1.82) is 0 Å². The third-order valence-corrected chi connectivity index (χ3v) is 3.12. The Balaban J connectivity index is 3.00. The van der Waals surface area contributed by atoms with Crippen molar-refractivity contribution >= 4 is 17.6 Å². The van der Waals surface area contributed by atoms with Gasteiger partial charge in [0, 0.05) is 18.0 Å². The Bertz CT molecular complexity index is 319. The van der Waals surface area contributed by atoms with Crippen molar-refractivity contribution in [3.63, 3.8) is 0 Å². The molecule has 0 saturated carbocycles. The first-order valence-electron chi connectivity index (χ1n) is 5.61. The molecule has 3 nitrogen and oxygen atoms in total. The molecule has 1 aliphatic heterocycles. The van der Waals surface area contributed by atoms with Gasteiger partial charge < -0.3 is 4.74 Å². The van der Waals surface area contributed by atoms with E-state index >= 15 is 0 Å². The highest BCUT2D eigenvalue weighted by Crippen LogP contribution is 2.35. The number of hydrogen-bond acceptors (Lipinski definition) is 3. The quantitative estimate of drug-likeness (QED) is 0.614. The van der Waals surface area contributed by atoms with Crippen molar-refractivity contribution in [1.82, 2.24) is 5.32 Å². The number of rotatable bonds is 5. The topological polar surface area (TPSA) is 38.3 Å². The molecule has 1 saturated heterocycles. The summed E-state index contributed by atoms with van der Waals surface area (Å²) in [6.45, 7) is 2.18. The van der Waals surface area contributed by atoms with Gasteiger partial charge in [-0.2, -0.15) is 8.78 Å². The van der Waals surface area contributed by atoms with Crippen LogP contribution in [0.4, 0.5) is 8.78 Å². The van der Waals surface area contributed by atoms with Crippen molar-refractivity contribution in [3.05, 3.63) is 11.7 Å². The van der Waals surface area contributed by atoms with Crippen LogP contribution in [0.3, 0.4) is 0 Å². The predicted octanol–water partition coefficient (Wildman–Crippen LogP) is 2.45. The molecule has 0 aromatic heterocycles. The standard InChI is InChI=1S/C11H16ClF2NO2/c1-2-17-10(16)11(5-3-6-12)8(9(13)14)4-7-15-11/h15H,2-7H2,1H3/t11-/m1/s1. The molecule has 17 heavy (non-hydrogen) atoms. The van der Waals surface area contributed by atoms with Crippen LogP contribution in [0.2, 0.25) is 0 Å². The average molecular weight is 268 g/mol. The second-order valence-electron chi connectivity index (χ2n) is 3.83. The fourth-order valence-electron chi connectivity index (χ4n) is 2.10. The zero-order chi connectivity index (χ0) is 12.9. The van der Waals surface area contributed by atoms with Gasteiger partial charge in [-0.15, -0.1) is 11.6 Å². The highest BCUT2D eigenvalue weighted by atomic mass is 35.5. The summed E-state index contributed by atoms with van der Waals surface area (Å²) in [5, 5.41) is 2.85. The molecule has 1 aliphatic rings. The minimum absolute atomic E-state index is 0.152. The van der Waals surface area contributed by atoms with Crippen LogP contribution < -0.4 is 5.32 Å². The van der Waals surface area contributed by atoms with Crippen LogP contribution in [0.1, 0.15) is 26.2 Å². The number of esters is 1. The maximum atomic E-state index is 12.9. The van der Waals surface area contributed by atoms with E-state index in [4.69, 9.17) is 16.3 Å². The monoisotopic (exact) mass is 267 g/mol. The van der Waals surface area contributed by atoms with E-state index in [-0.39, 0.29) is 25.0 Å². The van der Waals surface area contributed by atoms with Crippen molar-refractivity contribution in [3.8, 4) is 0 Å². The minimum atomic E-state index is -1.79. The van der Waals surface area contributed by atoms with Crippen LogP contribution in [0.25, 0.3) is 0 Å². The highest BCUT2D eigenvalue weighted by molar-refractivity contribution is 6.17. The number of alkyl halides is 1. The van der Waals surface area contributed by atoms with E-state index in [9.17, 15) is 13.6 Å². The molecule has 98 valence electrons. The number of carbonyl (C=O) groups excluding carboxylic acids is 1. The summed E-state index contributed by atoms with van der Waals surface area (Å²) in [4.78, 5) is 11.9. The molecule has 6 heteroatoms. The van der Waals surface area contributed by atoms with Gasteiger partial charge in [-0.05, 0) is 26.2 Å². The number of nitrogens with one attached hydrogen (secondary N) is 1. The molecule has 1 rings (SSSR count). The number of carbonyl (C=O) groups is 1. The van der Waals surface area contributed by atoms with E-state index in [2.05, 4.69) is 5.32 Å². The van der Waals surface area contributed by atoms with Crippen LogP contribution in [0.15, 0.2) is 11.7 Å². The Hall–Kier alpha value is -0.680. The van der Waals surface area contributed by atoms with E-state index in [1.165, 1.54) is 0 Å². The van der Waals surface area contributed by atoms with E-state index in [0.717, 1.165) is 0 Å². The molecule has 0 amide bonds. The summed E-state index contributed by atoms with van der Waals surface area (Å²) < 4.78 is 30.6. The lowest BCUT2D eigenvalue weighted by atomic mass is 9.87. The third kappa shape index (κ3) is 2.96. The summed E-state index contributed by atoms with van der Waals surface area (Å²) in [6, 6.07) is 0. The van der Waals surface area contributed by atoms with Crippen molar-refractivity contribution in [2.75, 3.05) is 19.0 Å². The van der Waals surface area contributed by atoms with Gasteiger partial charge in [0.05, 0.1) is 6.61 Å². The normalized spacial score (nSPS) is 23.9. The van der Waals surface area contributed by atoms with Gasteiger partial charge in [0.25, 0.3) is 6.08 Å². The molecule has 1 heterocycles. The highest BCUT2D eigenvalue weighted by Gasteiger charge is 2.48. The van der Waals surface area contributed by atoms with E-state index in [1.807, 2.05) is 0 Å². The summed E-state index contributed by atoms with van der Waals surface area (Å²) in [7, 11) is 0. The van der Waals surface area contributed by atoms with Gasteiger partial charge in [0.15, 0.2) is 0 Å². The molecule has 0 unspecified atom stereocenters. The average Bonchev–Trinajstić information content (AvgIpc) is 2.71. The van der Waals surface area contributed by atoms with Gasteiger partial charge in [-0.1, -0.05) is 0 Å². The molecule has 1 atom stereocenters. The van der Waals surface area contributed by atoms with Gasteiger partial charge in [-0.25, -0.2) is 4.79 Å². The predicted molar refractivity (Wildman–Crippen MR) is 61.2 cm³/mol. The van der Waals surface area contributed by atoms with Gasteiger partial charge in [0.1, 0.15) is 5.54 Å². The Labute approximate surface area is 104 Å². The van der Waals surface area contributed by atoms with Gasteiger partial charge in [-0.3, -0.25) is 5.32 Å². The number of ether oxygens (including phenoxy) is 1. The van der Waals surface area contributed by atoms with E-state index in [1.54, 1.807) is 6.92 Å². The molecular formula is C11H16ClF2NO2. The molecule has 0 aromatic carbocycles. The maximum Gasteiger partial charge on any atom is 0.330 e. The zero-order valence-corrected chi connectivity index (χ0v) is 10.4. The molecular weight excluding hydrogens is 252 g/mol. The van der Waals surface area contributed by atoms with Crippen molar-refractivity contribution in [2.45, 2.75) is 31.7 Å². The first-order chi connectivity index (χ1) is 8.08. The second-order valence-corrected chi connectivity index (χ2v) is 4.21. The van der Waals surface area contributed by atoms with Crippen LogP contribution in [0, 0.1) is 0 Å². The van der Waals surface area contributed by atoms with E-state index in [0.29, 0.717) is 18.8 Å². The fourth-order valence-corrected chi connectivity index (χ4v) is 2.23. The van der Waals surface area contributed by atoms with E-state index < -0.39 is 17.6 Å². The summed E-state index contributed by atoms with van der Waals surface area (Å²) in [5.74, 6) is -0.310. The van der Waals surface area contributed by atoms with Gasteiger partial charge in [0.2, 0.25) is 0 Å². The first kappa shape index (κ1) is 14.4. The Kier molecular flexibility index (Phi) is 5.33. The first-order valence-corrected chi connectivity index (χ1v) is 6.14. The lowest BCUT2D eigenvalue weighted by Crippen LogP contribution is -2.50. The zero-order valence-electron chi connectivity index (χ0n) is 9.69.